The minimum Gasteiger partial charge on any atom is -0.457 e. The molecule has 0 atom stereocenters. The Balaban J connectivity index is 1.57. The topological polar surface area (TPSA) is 13.1 Å². The SMILES string of the molecule is [B]c1c([B])c(-c2c3c([B])c([B])c([B])c([B])c3c(-c3cc4ccccc4c4ccccc34)c3c([B])c([B])c([B])c([B])c23)c2c(oc3c([B])c4c([B])c([B])c([B])c([B])c4c([B])c32)c1[B]. The molecule has 1 aromatic heterocycles. The second kappa shape index (κ2) is 14.1. The number of rotatable bonds is 2. The second-order valence-corrected chi connectivity index (χ2v) is 15.6. The van der Waals surface area contributed by atoms with Crippen molar-refractivity contribution in [3.63, 3.8) is 0 Å². The number of hydrogen-bond acceptors (Lipinski definition) is 1. The zero-order valence-electron chi connectivity index (χ0n) is 32.9. The molecule has 0 unspecified atom stereocenters. The molecule has 10 rings (SSSR count). The van der Waals surface area contributed by atoms with Crippen molar-refractivity contribution in [1.82, 2.24) is 0 Å². The molecule has 0 N–H and O–H groups in total. The van der Waals surface area contributed by atoms with Gasteiger partial charge in [0.1, 0.15) is 145 Å². The Morgan fingerprint density at radius 3 is 1.16 bits per heavy atom. The summed E-state index contributed by atoms with van der Waals surface area (Å²) in [6.07, 6.45) is 0. The van der Waals surface area contributed by atoms with E-state index in [9.17, 15) is 0 Å². The number of fused-ring (bicyclic) bond motifs is 9. The lowest BCUT2D eigenvalue weighted by atomic mass is 9.58. The van der Waals surface area contributed by atoms with Gasteiger partial charge in [-0.2, -0.15) is 0 Å². The van der Waals surface area contributed by atoms with E-state index in [0.717, 1.165) is 21.5 Å². The molecule has 34 radical (unpaired) electrons. The summed E-state index contributed by atoms with van der Waals surface area (Å²) in [5.41, 5.74) is 1.73. The van der Waals surface area contributed by atoms with Gasteiger partial charge in [0.15, 0.2) is 0 Å². The van der Waals surface area contributed by atoms with E-state index in [1.807, 2.05) is 54.6 Å². The third kappa shape index (κ3) is 5.16. The predicted octanol–water partition coefficient (Wildman–Crippen LogP) is -7.82. The van der Waals surface area contributed by atoms with E-state index in [0.29, 0.717) is 21.9 Å². The van der Waals surface area contributed by atoms with Crippen LogP contribution in [-0.4, -0.2) is 133 Å². The van der Waals surface area contributed by atoms with Crippen LogP contribution in [0.25, 0.3) is 98.1 Å². The maximum atomic E-state index is 7.16. The van der Waals surface area contributed by atoms with Gasteiger partial charge in [0.05, 0.1) is 0 Å². The van der Waals surface area contributed by atoms with E-state index in [1.54, 1.807) is 0 Å². The molecule has 1 nitrogen and oxygen atoms in total. The zero-order chi connectivity index (χ0) is 44.3. The average Bonchev–Trinajstić information content (AvgIpc) is 3.68. The van der Waals surface area contributed by atoms with Crippen molar-refractivity contribution in [2.24, 2.45) is 0 Å². The highest BCUT2D eigenvalue weighted by molar-refractivity contribution is 6.74. The lowest BCUT2D eigenvalue weighted by Crippen LogP contribution is -2.50. The van der Waals surface area contributed by atoms with Crippen LogP contribution in [0.3, 0.4) is 0 Å². The van der Waals surface area contributed by atoms with Crippen molar-refractivity contribution in [2.45, 2.75) is 0 Å². The van der Waals surface area contributed by atoms with Gasteiger partial charge in [0, 0.05) is 10.8 Å². The maximum Gasteiger partial charge on any atom is 0.128 e. The van der Waals surface area contributed by atoms with Gasteiger partial charge < -0.3 is 4.42 Å². The molecule has 242 valence electrons. The number of hydrogen-bond donors (Lipinski definition) is 0. The molecule has 62 heavy (non-hydrogen) atoms. The molecule has 0 bridgehead atoms. The van der Waals surface area contributed by atoms with Gasteiger partial charge in [-0.05, 0) is 87.6 Å². The van der Waals surface area contributed by atoms with Gasteiger partial charge in [-0.3, -0.25) is 0 Å². The highest BCUT2D eigenvalue weighted by Crippen LogP contribution is 2.46. The largest absolute Gasteiger partial charge is 0.457 e. The lowest BCUT2D eigenvalue weighted by Gasteiger charge is -2.30. The summed E-state index contributed by atoms with van der Waals surface area (Å²) >= 11 is 0. The molecule has 0 saturated heterocycles. The summed E-state index contributed by atoms with van der Waals surface area (Å²) in [5.74, 6) is 0. The average molecular weight is 737 g/mol. The van der Waals surface area contributed by atoms with Crippen LogP contribution in [0.2, 0.25) is 0 Å². The molecule has 18 heteroatoms. The maximum absolute atomic E-state index is 7.16. The molecular weight excluding hydrogens is 728 g/mol. The molecule has 0 aliphatic rings. The summed E-state index contributed by atoms with van der Waals surface area (Å²) in [5, 5.41) is 5.69. The molecule has 0 aliphatic carbocycles. The van der Waals surface area contributed by atoms with Gasteiger partial charge in [-0.1, -0.05) is 97.7 Å². The first-order valence-electron chi connectivity index (χ1n) is 19.0. The van der Waals surface area contributed by atoms with Gasteiger partial charge in [-0.15, -0.1) is 38.2 Å². The van der Waals surface area contributed by atoms with Gasteiger partial charge in [0.2, 0.25) is 0 Å². The fourth-order valence-corrected chi connectivity index (χ4v) is 9.46. The van der Waals surface area contributed by atoms with Gasteiger partial charge in [0.25, 0.3) is 0 Å². The van der Waals surface area contributed by atoms with Crippen molar-refractivity contribution in [1.29, 1.82) is 0 Å². The van der Waals surface area contributed by atoms with E-state index >= 15 is 0 Å². The smallest absolute Gasteiger partial charge is 0.128 e. The van der Waals surface area contributed by atoms with Gasteiger partial charge in [-0.25, -0.2) is 0 Å². The van der Waals surface area contributed by atoms with Crippen LogP contribution >= 0.6 is 0 Å². The molecule has 10 aromatic rings. The van der Waals surface area contributed by atoms with Crippen molar-refractivity contribution in [2.75, 3.05) is 0 Å². The number of furan rings is 1. The summed E-state index contributed by atoms with van der Waals surface area (Å²) in [7, 11) is 116. The Hall–Kier alpha value is -4.82. The van der Waals surface area contributed by atoms with E-state index in [1.165, 1.54) is 0 Å². The monoisotopic (exact) mass is 740 g/mol. The molecule has 0 aliphatic heterocycles. The van der Waals surface area contributed by atoms with Crippen molar-refractivity contribution in [3.05, 3.63) is 54.6 Å². The van der Waals surface area contributed by atoms with Crippen LogP contribution in [0.5, 0.6) is 0 Å². The summed E-state index contributed by atoms with van der Waals surface area (Å²) < 4.78 is 6.53. The zero-order valence-corrected chi connectivity index (χ0v) is 32.9. The Morgan fingerprint density at radius 1 is 0.258 bits per heavy atom. The van der Waals surface area contributed by atoms with E-state index < -0.39 is 0 Å². The van der Waals surface area contributed by atoms with E-state index in [4.69, 9.17) is 138 Å². The third-order valence-electron chi connectivity index (χ3n) is 12.6. The van der Waals surface area contributed by atoms with Crippen LogP contribution in [0.4, 0.5) is 0 Å². The Labute approximate surface area is 381 Å². The molecule has 0 amide bonds. The minimum atomic E-state index is -0.0726. The fourth-order valence-electron chi connectivity index (χ4n) is 9.46. The van der Waals surface area contributed by atoms with Crippen LogP contribution < -0.4 is 92.9 Å². The standard InChI is InChI=1S/C44H9B17O/c45-26-23-24(33(52)40(59)39(58)32(23)51)34(53)44-25(26)22-21(31(50)41(60)42(61)43(22)62-44)16-19-17(27(46)35(54)37(56)29(19)48)15(18-20(16)30(49)38(57)36(55)28(18)47)14-9-10-5-1-2-6-11(10)12-7-3-4-8-13(12)14/h1-9H. The molecule has 9 aromatic carbocycles. The minimum absolute atomic E-state index is 0.00170. The summed E-state index contributed by atoms with van der Waals surface area (Å²) in [4.78, 5) is 0. The van der Waals surface area contributed by atoms with E-state index in [-0.39, 0.29) is 147 Å². The van der Waals surface area contributed by atoms with Crippen LogP contribution in [0.1, 0.15) is 0 Å². The molecule has 0 fully saturated rings. The third-order valence-corrected chi connectivity index (χ3v) is 12.6. The van der Waals surface area contributed by atoms with Crippen LogP contribution in [-0.2, 0) is 0 Å². The highest BCUT2D eigenvalue weighted by atomic mass is 16.3. The second-order valence-electron chi connectivity index (χ2n) is 15.6. The number of benzene rings is 9. The van der Waals surface area contributed by atoms with Crippen molar-refractivity contribution >= 4 is 302 Å². The molecule has 1 heterocycles. The van der Waals surface area contributed by atoms with Crippen molar-refractivity contribution < 1.29 is 4.42 Å². The highest BCUT2D eigenvalue weighted by Gasteiger charge is 2.30. The molecular formula is C44H9B17O. The predicted molar refractivity (Wildman–Crippen MR) is 284 cm³/mol. The van der Waals surface area contributed by atoms with Gasteiger partial charge >= 0.3 is 0 Å². The first-order chi connectivity index (χ1) is 29.4. The van der Waals surface area contributed by atoms with Crippen molar-refractivity contribution in [3.8, 4) is 22.3 Å². The van der Waals surface area contributed by atoms with Crippen LogP contribution in [0, 0.1) is 0 Å². The fraction of sp³-hybridized carbons (Fsp3) is 0. The van der Waals surface area contributed by atoms with E-state index in [2.05, 4.69) is 0 Å². The Kier molecular flexibility index (Phi) is 9.37. The first kappa shape index (κ1) is 41.2. The first-order valence-corrected chi connectivity index (χ1v) is 19.0. The normalized spacial score (nSPS) is 12.0. The quantitative estimate of drug-likeness (QED) is 0.0979. The summed E-state index contributed by atoms with van der Waals surface area (Å²) in [6, 6.07) is 17.9. The Bertz CT molecular complexity index is 3700. The molecule has 0 spiro atoms. The van der Waals surface area contributed by atoms with Crippen LogP contribution in [0.15, 0.2) is 59.0 Å². The Morgan fingerprint density at radius 2 is 0.645 bits per heavy atom. The molecule has 0 saturated carbocycles. The summed E-state index contributed by atoms with van der Waals surface area (Å²) in [6.45, 7) is 0. The lowest BCUT2D eigenvalue weighted by molar-refractivity contribution is 0.675.